The van der Waals surface area contributed by atoms with Gasteiger partial charge in [0.1, 0.15) is 0 Å². The van der Waals surface area contributed by atoms with Crippen molar-refractivity contribution < 1.29 is 9.72 Å². The molecule has 0 saturated carbocycles. The molecule has 0 aromatic heterocycles. The average molecular weight is 349 g/mol. The number of nitrogens with zero attached hydrogens (tertiary/aromatic N) is 1. The van der Waals surface area contributed by atoms with Gasteiger partial charge in [-0.1, -0.05) is 15.9 Å². The van der Waals surface area contributed by atoms with Crippen molar-refractivity contribution in [3.8, 4) is 0 Å². The van der Waals surface area contributed by atoms with Gasteiger partial charge in [-0.15, -0.1) is 0 Å². The molecule has 0 spiro atoms. The number of nitro benzene ring substituents is 1. The van der Waals surface area contributed by atoms with Crippen molar-refractivity contribution in [2.75, 3.05) is 5.32 Å². The molecule has 0 aliphatic carbocycles. The monoisotopic (exact) mass is 348 g/mol. The van der Waals surface area contributed by atoms with Crippen LogP contribution in [0.2, 0.25) is 0 Å². The van der Waals surface area contributed by atoms with Gasteiger partial charge in [0.05, 0.1) is 4.92 Å². The zero-order valence-electron chi connectivity index (χ0n) is 11.5. The maximum Gasteiger partial charge on any atom is 0.269 e. The average Bonchev–Trinajstić information content (AvgIpc) is 2.39. The third-order valence-corrected chi connectivity index (χ3v) is 3.43. The number of amides is 1. The fraction of sp³-hybridized carbons (Fsp3) is 0.133. The van der Waals surface area contributed by atoms with Crippen molar-refractivity contribution in [1.82, 2.24) is 0 Å². The largest absolute Gasteiger partial charge is 0.322 e. The molecule has 1 N–H and O–H groups in total. The second-order valence-electron chi connectivity index (χ2n) is 4.73. The van der Waals surface area contributed by atoms with Gasteiger partial charge in [-0.3, -0.25) is 14.9 Å². The SMILES string of the molecule is Cc1cc(Br)cc(C(=O)Nc2ccc([N+](=O)[O-])cc2C)c1. The van der Waals surface area contributed by atoms with Gasteiger partial charge in [0.25, 0.3) is 11.6 Å². The van der Waals surface area contributed by atoms with Crippen molar-refractivity contribution >= 4 is 33.2 Å². The highest BCUT2D eigenvalue weighted by Gasteiger charge is 2.12. The van der Waals surface area contributed by atoms with Crippen molar-refractivity contribution in [1.29, 1.82) is 0 Å². The highest BCUT2D eigenvalue weighted by atomic mass is 79.9. The van der Waals surface area contributed by atoms with Crippen LogP contribution in [-0.4, -0.2) is 10.8 Å². The lowest BCUT2D eigenvalue weighted by atomic mass is 10.1. The van der Waals surface area contributed by atoms with E-state index in [0.717, 1.165) is 10.0 Å². The Labute approximate surface area is 130 Å². The van der Waals surface area contributed by atoms with Crippen LogP contribution in [-0.2, 0) is 0 Å². The van der Waals surface area contributed by atoms with Gasteiger partial charge in [-0.05, 0) is 49.2 Å². The molecule has 0 unspecified atom stereocenters. The summed E-state index contributed by atoms with van der Waals surface area (Å²) in [7, 11) is 0. The molecule has 6 heteroatoms. The molecule has 2 aromatic rings. The van der Waals surface area contributed by atoms with Crippen LogP contribution < -0.4 is 5.32 Å². The summed E-state index contributed by atoms with van der Waals surface area (Å²) in [5, 5.41) is 13.5. The van der Waals surface area contributed by atoms with Crippen LogP contribution in [0.5, 0.6) is 0 Å². The summed E-state index contributed by atoms with van der Waals surface area (Å²) in [6.45, 7) is 3.62. The van der Waals surface area contributed by atoms with Gasteiger partial charge in [-0.2, -0.15) is 0 Å². The maximum atomic E-state index is 12.2. The van der Waals surface area contributed by atoms with E-state index in [9.17, 15) is 14.9 Å². The third kappa shape index (κ3) is 3.66. The molecule has 0 aliphatic heterocycles. The molecule has 0 radical (unpaired) electrons. The number of anilines is 1. The minimum Gasteiger partial charge on any atom is -0.322 e. The molecule has 2 aromatic carbocycles. The number of nitrogens with one attached hydrogen (secondary N) is 1. The maximum absolute atomic E-state index is 12.2. The summed E-state index contributed by atoms with van der Waals surface area (Å²) >= 11 is 3.35. The lowest BCUT2D eigenvalue weighted by molar-refractivity contribution is -0.384. The van der Waals surface area contributed by atoms with E-state index in [4.69, 9.17) is 0 Å². The highest BCUT2D eigenvalue weighted by Crippen LogP contribution is 2.22. The van der Waals surface area contributed by atoms with E-state index in [2.05, 4.69) is 21.2 Å². The zero-order valence-corrected chi connectivity index (χ0v) is 13.1. The standard InChI is InChI=1S/C15H13BrN2O3/c1-9-5-11(8-12(16)6-9)15(19)17-14-4-3-13(18(20)21)7-10(14)2/h3-8H,1-2H3,(H,17,19). The van der Waals surface area contributed by atoms with Gasteiger partial charge in [0.15, 0.2) is 0 Å². The molecule has 5 nitrogen and oxygen atoms in total. The van der Waals surface area contributed by atoms with E-state index < -0.39 is 4.92 Å². The predicted octanol–water partition coefficient (Wildman–Crippen LogP) is 4.23. The number of benzene rings is 2. The summed E-state index contributed by atoms with van der Waals surface area (Å²) in [5.74, 6) is -0.253. The van der Waals surface area contributed by atoms with E-state index in [1.807, 2.05) is 13.0 Å². The Kier molecular flexibility index (Phi) is 4.37. The lowest BCUT2D eigenvalue weighted by Gasteiger charge is -2.09. The molecule has 0 aliphatic rings. The first-order valence-electron chi connectivity index (χ1n) is 6.20. The summed E-state index contributed by atoms with van der Waals surface area (Å²) < 4.78 is 0.827. The minimum absolute atomic E-state index is 0.00352. The van der Waals surface area contributed by atoms with E-state index >= 15 is 0 Å². The smallest absolute Gasteiger partial charge is 0.269 e. The fourth-order valence-corrected chi connectivity index (χ4v) is 2.57. The van der Waals surface area contributed by atoms with Gasteiger partial charge >= 0.3 is 0 Å². The predicted molar refractivity (Wildman–Crippen MR) is 84.7 cm³/mol. The quantitative estimate of drug-likeness (QED) is 0.666. The van der Waals surface area contributed by atoms with Crippen LogP contribution in [0.25, 0.3) is 0 Å². The third-order valence-electron chi connectivity index (χ3n) is 2.97. The van der Waals surface area contributed by atoms with Gasteiger partial charge in [-0.25, -0.2) is 0 Å². The van der Waals surface area contributed by atoms with E-state index in [1.165, 1.54) is 18.2 Å². The number of carbonyl (C=O) groups is 1. The zero-order chi connectivity index (χ0) is 15.6. The molecule has 108 valence electrons. The van der Waals surface area contributed by atoms with Crippen molar-refractivity contribution in [3.05, 3.63) is 67.7 Å². The van der Waals surface area contributed by atoms with Crippen LogP contribution in [0.4, 0.5) is 11.4 Å². The number of hydrogen-bond donors (Lipinski definition) is 1. The highest BCUT2D eigenvalue weighted by molar-refractivity contribution is 9.10. The molecular formula is C15H13BrN2O3. The Morgan fingerprint density at radius 3 is 2.48 bits per heavy atom. The molecule has 2 rings (SSSR count). The van der Waals surface area contributed by atoms with Crippen LogP contribution in [0.1, 0.15) is 21.5 Å². The summed E-state index contributed by atoms with van der Waals surface area (Å²) in [6.07, 6.45) is 0. The Hall–Kier alpha value is -2.21. The number of non-ortho nitro benzene ring substituents is 1. The first kappa shape index (κ1) is 15.2. The number of nitro groups is 1. The molecule has 0 atom stereocenters. The molecule has 0 saturated heterocycles. The molecule has 0 heterocycles. The van der Waals surface area contributed by atoms with Crippen LogP contribution in [0.15, 0.2) is 40.9 Å². The summed E-state index contributed by atoms with van der Waals surface area (Å²) in [4.78, 5) is 22.5. The molecule has 0 bridgehead atoms. The summed E-state index contributed by atoms with van der Waals surface area (Å²) in [6, 6.07) is 9.75. The van der Waals surface area contributed by atoms with E-state index in [-0.39, 0.29) is 11.6 Å². The van der Waals surface area contributed by atoms with Crippen LogP contribution >= 0.6 is 15.9 Å². The number of halogens is 1. The minimum atomic E-state index is -0.462. The normalized spacial score (nSPS) is 10.2. The molecule has 0 fully saturated rings. The Bertz CT molecular complexity index is 709. The Morgan fingerprint density at radius 2 is 1.90 bits per heavy atom. The topological polar surface area (TPSA) is 72.2 Å². The van der Waals surface area contributed by atoms with Crippen LogP contribution in [0.3, 0.4) is 0 Å². The Balaban J connectivity index is 2.25. The van der Waals surface area contributed by atoms with E-state index in [0.29, 0.717) is 16.8 Å². The molecular weight excluding hydrogens is 336 g/mol. The van der Waals surface area contributed by atoms with Crippen LogP contribution in [0, 0.1) is 24.0 Å². The van der Waals surface area contributed by atoms with Gasteiger partial charge in [0.2, 0.25) is 0 Å². The Morgan fingerprint density at radius 1 is 1.19 bits per heavy atom. The molecule has 1 amide bonds. The second-order valence-corrected chi connectivity index (χ2v) is 5.64. The lowest BCUT2D eigenvalue weighted by Crippen LogP contribution is -2.13. The number of rotatable bonds is 3. The van der Waals surface area contributed by atoms with Crippen molar-refractivity contribution in [2.45, 2.75) is 13.8 Å². The van der Waals surface area contributed by atoms with Gasteiger partial charge in [0, 0.05) is 27.9 Å². The first-order chi connectivity index (χ1) is 9.86. The van der Waals surface area contributed by atoms with E-state index in [1.54, 1.807) is 19.1 Å². The summed E-state index contributed by atoms with van der Waals surface area (Å²) in [5.41, 5.74) is 2.70. The number of hydrogen-bond acceptors (Lipinski definition) is 3. The van der Waals surface area contributed by atoms with Crippen molar-refractivity contribution in [2.24, 2.45) is 0 Å². The first-order valence-corrected chi connectivity index (χ1v) is 6.99. The number of carbonyl (C=O) groups excluding carboxylic acids is 1. The second kappa shape index (κ2) is 6.05. The fourth-order valence-electron chi connectivity index (χ4n) is 1.96. The van der Waals surface area contributed by atoms with Gasteiger partial charge < -0.3 is 5.32 Å². The number of aryl methyl sites for hydroxylation is 2. The molecule has 21 heavy (non-hydrogen) atoms. The van der Waals surface area contributed by atoms with Crippen molar-refractivity contribution in [3.63, 3.8) is 0 Å².